The van der Waals surface area contributed by atoms with E-state index >= 15 is 0 Å². The van der Waals surface area contributed by atoms with Gasteiger partial charge in [-0.1, -0.05) is 19.1 Å². The van der Waals surface area contributed by atoms with Crippen molar-refractivity contribution in [2.45, 2.75) is 39.0 Å². The average Bonchev–Trinajstić information content (AvgIpc) is 2.35. The summed E-state index contributed by atoms with van der Waals surface area (Å²) in [6, 6.07) is 4.55. The van der Waals surface area contributed by atoms with E-state index < -0.39 is 17.8 Å². The zero-order valence-electron chi connectivity index (χ0n) is 11.0. The number of Topliss-reactive ketones (excluding diaryl/α,β-unsaturated/α-hetero) is 1. The molecular weight excluding hydrogens is 257 g/mol. The van der Waals surface area contributed by atoms with Crippen molar-refractivity contribution in [3.8, 4) is 0 Å². The lowest BCUT2D eigenvalue weighted by Crippen LogP contribution is -2.16. The van der Waals surface area contributed by atoms with Crippen molar-refractivity contribution in [3.63, 3.8) is 0 Å². The number of hydrogen-bond acceptors (Lipinski definition) is 2. The first-order valence-electron chi connectivity index (χ1n) is 6.21. The molecule has 0 aliphatic carbocycles. The Morgan fingerprint density at radius 2 is 1.79 bits per heavy atom. The number of hydrogen-bond donors (Lipinski definition) is 0. The van der Waals surface area contributed by atoms with Crippen LogP contribution in [0.2, 0.25) is 0 Å². The Morgan fingerprint density at radius 3 is 2.21 bits per heavy atom. The summed E-state index contributed by atoms with van der Waals surface area (Å²) < 4.78 is 42.7. The normalized spacial score (nSPS) is 13.3. The summed E-state index contributed by atoms with van der Waals surface area (Å²) >= 11 is 0. The van der Waals surface area contributed by atoms with Gasteiger partial charge in [0, 0.05) is 13.0 Å². The zero-order valence-corrected chi connectivity index (χ0v) is 11.0. The minimum atomic E-state index is -4.37. The van der Waals surface area contributed by atoms with Crippen molar-refractivity contribution in [2.24, 2.45) is 0 Å². The summed E-state index contributed by atoms with van der Waals surface area (Å²) in [7, 11) is 0. The van der Waals surface area contributed by atoms with E-state index in [-0.39, 0.29) is 5.78 Å². The molecule has 0 saturated heterocycles. The van der Waals surface area contributed by atoms with E-state index in [1.54, 1.807) is 6.92 Å². The highest BCUT2D eigenvalue weighted by Crippen LogP contribution is 2.30. The Balaban J connectivity index is 2.94. The SMILES string of the molecule is CCCC(=O)C(OCC)c1ccc(C(F)(F)F)cc1. The van der Waals surface area contributed by atoms with Crippen molar-refractivity contribution >= 4 is 5.78 Å². The summed E-state index contributed by atoms with van der Waals surface area (Å²) in [5, 5.41) is 0. The molecule has 1 rings (SSSR count). The van der Waals surface area contributed by atoms with Gasteiger partial charge in [-0.15, -0.1) is 0 Å². The highest BCUT2D eigenvalue weighted by molar-refractivity contribution is 5.84. The molecule has 1 unspecified atom stereocenters. The topological polar surface area (TPSA) is 26.3 Å². The molecule has 0 saturated carbocycles. The molecule has 0 N–H and O–H groups in total. The first-order valence-corrected chi connectivity index (χ1v) is 6.21. The fourth-order valence-electron chi connectivity index (χ4n) is 1.77. The Kier molecular flexibility index (Phi) is 5.54. The molecule has 1 aromatic rings. The van der Waals surface area contributed by atoms with Crippen LogP contribution in [-0.2, 0) is 15.7 Å². The number of ether oxygens (including phenoxy) is 1. The number of halogens is 3. The van der Waals surface area contributed by atoms with Crippen LogP contribution in [0.3, 0.4) is 0 Å². The highest BCUT2D eigenvalue weighted by Gasteiger charge is 2.30. The van der Waals surface area contributed by atoms with Crippen LogP contribution in [0.5, 0.6) is 0 Å². The maximum Gasteiger partial charge on any atom is 0.416 e. The number of alkyl halides is 3. The van der Waals surface area contributed by atoms with E-state index in [9.17, 15) is 18.0 Å². The van der Waals surface area contributed by atoms with Crippen molar-refractivity contribution in [2.75, 3.05) is 6.61 Å². The lowest BCUT2D eigenvalue weighted by atomic mass is 10.0. The van der Waals surface area contributed by atoms with E-state index in [1.807, 2.05) is 6.92 Å². The Hall–Kier alpha value is -1.36. The monoisotopic (exact) mass is 274 g/mol. The van der Waals surface area contributed by atoms with Crippen LogP contribution in [0.4, 0.5) is 13.2 Å². The standard InChI is InChI=1S/C14H17F3O2/c1-3-5-12(18)13(19-4-2)10-6-8-11(9-7-10)14(15,16)17/h6-9,13H,3-5H2,1-2H3. The molecule has 0 fully saturated rings. The molecule has 1 atom stereocenters. The second-order valence-corrected chi connectivity index (χ2v) is 4.17. The summed E-state index contributed by atoms with van der Waals surface area (Å²) in [5.41, 5.74) is -0.261. The van der Waals surface area contributed by atoms with E-state index in [0.717, 1.165) is 12.1 Å². The molecule has 2 nitrogen and oxygen atoms in total. The Bertz CT molecular complexity index is 410. The second-order valence-electron chi connectivity index (χ2n) is 4.17. The van der Waals surface area contributed by atoms with Gasteiger partial charge in [0.15, 0.2) is 5.78 Å². The van der Waals surface area contributed by atoms with Gasteiger partial charge < -0.3 is 4.74 Å². The van der Waals surface area contributed by atoms with Crippen LogP contribution in [0.1, 0.15) is 43.9 Å². The van der Waals surface area contributed by atoms with Crippen molar-refractivity contribution in [1.82, 2.24) is 0 Å². The van der Waals surface area contributed by atoms with Crippen molar-refractivity contribution < 1.29 is 22.7 Å². The smallest absolute Gasteiger partial charge is 0.366 e. The molecular formula is C14H17F3O2. The molecule has 0 radical (unpaired) electrons. The minimum absolute atomic E-state index is 0.107. The van der Waals surface area contributed by atoms with Crippen LogP contribution in [0.25, 0.3) is 0 Å². The molecule has 0 aliphatic rings. The Labute approximate surface area is 110 Å². The fraction of sp³-hybridized carbons (Fsp3) is 0.500. The number of carbonyl (C=O) groups excluding carboxylic acids is 1. The van der Waals surface area contributed by atoms with Gasteiger partial charge in [-0.05, 0) is 31.0 Å². The van der Waals surface area contributed by atoms with Crippen LogP contribution in [0.15, 0.2) is 24.3 Å². The minimum Gasteiger partial charge on any atom is -0.366 e. The summed E-state index contributed by atoms with van der Waals surface area (Å²) in [6.07, 6.45) is -4.10. The van der Waals surface area contributed by atoms with Gasteiger partial charge in [0.25, 0.3) is 0 Å². The maximum atomic E-state index is 12.4. The molecule has 0 spiro atoms. The molecule has 0 heterocycles. The number of rotatable bonds is 6. The summed E-state index contributed by atoms with van der Waals surface area (Å²) in [5.74, 6) is -0.107. The number of ketones is 1. The van der Waals surface area contributed by atoms with Gasteiger partial charge >= 0.3 is 6.18 Å². The lowest BCUT2D eigenvalue weighted by Gasteiger charge is -2.17. The zero-order chi connectivity index (χ0) is 14.5. The van der Waals surface area contributed by atoms with E-state index in [4.69, 9.17) is 4.74 Å². The molecule has 19 heavy (non-hydrogen) atoms. The van der Waals surface area contributed by atoms with Gasteiger partial charge in [0.1, 0.15) is 6.10 Å². The van der Waals surface area contributed by atoms with Gasteiger partial charge in [0.2, 0.25) is 0 Å². The van der Waals surface area contributed by atoms with Crippen LogP contribution >= 0.6 is 0 Å². The lowest BCUT2D eigenvalue weighted by molar-refractivity contribution is -0.137. The van der Waals surface area contributed by atoms with Crippen molar-refractivity contribution in [1.29, 1.82) is 0 Å². The van der Waals surface area contributed by atoms with E-state index in [0.29, 0.717) is 25.0 Å². The molecule has 0 bridgehead atoms. The molecule has 1 aromatic carbocycles. The predicted molar refractivity (Wildman–Crippen MR) is 65.7 cm³/mol. The van der Waals surface area contributed by atoms with E-state index in [1.165, 1.54) is 12.1 Å². The molecule has 0 aromatic heterocycles. The molecule has 5 heteroatoms. The first kappa shape index (κ1) is 15.7. The quantitative estimate of drug-likeness (QED) is 0.778. The van der Waals surface area contributed by atoms with Gasteiger partial charge in [0.05, 0.1) is 5.56 Å². The van der Waals surface area contributed by atoms with Crippen molar-refractivity contribution in [3.05, 3.63) is 35.4 Å². The van der Waals surface area contributed by atoms with E-state index in [2.05, 4.69) is 0 Å². The second kappa shape index (κ2) is 6.70. The summed E-state index contributed by atoms with van der Waals surface area (Å²) in [6.45, 7) is 3.95. The highest BCUT2D eigenvalue weighted by atomic mass is 19.4. The van der Waals surface area contributed by atoms with Crippen LogP contribution in [0, 0.1) is 0 Å². The first-order chi connectivity index (χ1) is 8.90. The average molecular weight is 274 g/mol. The Morgan fingerprint density at radius 1 is 1.21 bits per heavy atom. The maximum absolute atomic E-state index is 12.4. The predicted octanol–water partition coefficient (Wildman–Crippen LogP) is 4.15. The van der Waals surface area contributed by atoms with Gasteiger partial charge in [-0.3, -0.25) is 4.79 Å². The molecule has 0 aliphatic heterocycles. The third-order valence-electron chi connectivity index (χ3n) is 2.66. The number of carbonyl (C=O) groups is 1. The van der Waals surface area contributed by atoms with Gasteiger partial charge in [-0.25, -0.2) is 0 Å². The third-order valence-corrected chi connectivity index (χ3v) is 2.66. The molecule has 106 valence electrons. The fourth-order valence-corrected chi connectivity index (χ4v) is 1.77. The third kappa shape index (κ3) is 4.35. The van der Waals surface area contributed by atoms with Crippen LogP contribution < -0.4 is 0 Å². The van der Waals surface area contributed by atoms with Gasteiger partial charge in [-0.2, -0.15) is 13.2 Å². The number of benzene rings is 1. The summed E-state index contributed by atoms with van der Waals surface area (Å²) in [4.78, 5) is 11.9. The van der Waals surface area contributed by atoms with Crippen LogP contribution in [-0.4, -0.2) is 12.4 Å². The largest absolute Gasteiger partial charge is 0.416 e. The molecule has 0 amide bonds.